The number of amides is 1. The molecule has 2 rings (SSSR count). The van der Waals surface area contributed by atoms with E-state index in [-0.39, 0.29) is 5.91 Å². The summed E-state index contributed by atoms with van der Waals surface area (Å²) in [5.74, 6) is 1.21. The van der Waals surface area contributed by atoms with E-state index in [4.69, 9.17) is 0 Å². The summed E-state index contributed by atoms with van der Waals surface area (Å²) < 4.78 is 0. The minimum absolute atomic E-state index is 0.210. The Morgan fingerprint density at radius 3 is 2.75 bits per heavy atom. The van der Waals surface area contributed by atoms with Crippen molar-refractivity contribution in [2.24, 2.45) is 0 Å². The summed E-state index contributed by atoms with van der Waals surface area (Å²) in [6, 6.07) is 5.94. The van der Waals surface area contributed by atoms with Gasteiger partial charge in [-0.15, -0.1) is 0 Å². The normalized spacial score (nSPS) is 15.4. The Morgan fingerprint density at radius 2 is 2.10 bits per heavy atom. The van der Waals surface area contributed by atoms with Gasteiger partial charge >= 0.3 is 0 Å². The van der Waals surface area contributed by atoms with Crippen LogP contribution in [0.15, 0.2) is 24.4 Å². The maximum atomic E-state index is 12.0. The number of carbonyl (C=O) groups excluding carboxylic acids is 1. The standard InChI is InChI=1S/C15H24N4O/c1-2-3-7-16-13-15(20)19-11-9-18(10-12-19)14-6-4-5-8-17-14/h4-6,8,16H,2-3,7,9-13H2,1H3. The third kappa shape index (κ3) is 4.20. The van der Waals surface area contributed by atoms with Gasteiger partial charge in [0, 0.05) is 32.4 Å². The minimum atomic E-state index is 0.210. The molecule has 0 unspecified atom stereocenters. The molecule has 1 aromatic rings. The molecule has 0 saturated carbocycles. The summed E-state index contributed by atoms with van der Waals surface area (Å²) in [6.45, 7) is 6.82. The van der Waals surface area contributed by atoms with Crippen LogP contribution < -0.4 is 10.2 Å². The molecule has 5 heteroatoms. The molecule has 1 N–H and O–H groups in total. The smallest absolute Gasteiger partial charge is 0.236 e. The molecule has 2 heterocycles. The Labute approximate surface area is 121 Å². The van der Waals surface area contributed by atoms with E-state index in [1.165, 1.54) is 0 Å². The number of pyridine rings is 1. The lowest BCUT2D eigenvalue weighted by atomic mass is 10.3. The van der Waals surface area contributed by atoms with Gasteiger partial charge in [-0.1, -0.05) is 19.4 Å². The van der Waals surface area contributed by atoms with E-state index < -0.39 is 0 Å². The van der Waals surface area contributed by atoms with Gasteiger partial charge in [-0.05, 0) is 25.1 Å². The molecule has 1 aromatic heterocycles. The van der Waals surface area contributed by atoms with Crippen LogP contribution in [-0.4, -0.2) is 55.1 Å². The zero-order chi connectivity index (χ0) is 14.2. The maximum absolute atomic E-state index is 12.0. The van der Waals surface area contributed by atoms with Gasteiger partial charge in [0.15, 0.2) is 0 Å². The van der Waals surface area contributed by atoms with Crippen LogP contribution in [0.1, 0.15) is 19.8 Å². The first-order valence-electron chi connectivity index (χ1n) is 7.45. The summed E-state index contributed by atoms with van der Waals surface area (Å²) in [7, 11) is 0. The lowest BCUT2D eigenvalue weighted by molar-refractivity contribution is -0.130. The van der Waals surface area contributed by atoms with Crippen molar-refractivity contribution >= 4 is 11.7 Å². The summed E-state index contributed by atoms with van der Waals surface area (Å²) in [5.41, 5.74) is 0. The fraction of sp³-hybridized carbons (Fsp3) is 0.600. The number of unbranched alkanes of at least 4 members (excludes halogenated alkanes) is 1. The summed E-state index contributed by atoms with van der Waals surface area (Å²) in [4.78, 5) is 20.6. The zero-order valence-electron chi connectivity index (χ0n) is 12.2. The summed E-state index contributed by atoms with van der Waals surface area (Å²) >= 11 is 0. The first kappa shape index (κ1) is 14.8. The van der Waals surface area contributed by atoms with Gasteiger partial charge in [-0.3, -0.25) is 4.79 Å². The van der Waals surface area contributed by atoms with Crippen molar-refractivity contribution in [2.75, 3.05) is 44.2 Å². The number of nitrogens with zero attached hydrogens (tertiary/aromatic N) is 3. The molecule has 1 amide bonds. The second-order valence-corrected chi connectivity index (χ2v) is 5.09. The summed E-state index contributed by atoms with van der Waals surface area (Å²) in [6.07, 6.45) is 4.09. The van der Waals surface area contributed by atoms with Crippen LogP contribution in [0.25, 0.3) is 0 Å². The largest absolute Gasteiger partial charge is 0.353 e. The third-order valence-electron chi connectivity index (χ3n) is 3.59. The monoisotopic (exact) mass is 276 g/mol. The molecule has 5 nitrogen and oxygen atoms in total. The Bertz CT molecular complexity index is 402. The number of hydrogen-bond donors (Lipinski definition) is 1. The number of carbonyl (C=O) groups is 1. The lowest BCUT2D eigenvalue weighted by Crippen LogP contribution is -2.51. The molecule has 0 atom stereocenters. The number of anilines is 1. The molecule has 0 bridgehead atoms. The van der Waals surface area contributed by atoms with Crippen LogP contribution in [0.5, 0.6) is 0 Å². The van der Waals surface area contributed by atoms with Gasteiger partial charge in [-0.2, -0.15) is 0 Å². The van der Waals surface area contributed by atoms with Crippen LogP contribution in [0.2, 0.25) is 0 Å². The van der Waals surface area contributed by atoms with Gasteiger partial charge in [0.05, 0.1) is 6.54 Å². The van der Waals surface area contributed by atoms with Crippen molar-refractivity contribution in [3.63, 3.8) is 0 Å². The average molecular weight is 276 g/mol. The Hall–Kier alpha value is -1.62. The van der Waals surface area contributed by atoms with Gasteiger partial charge in [0.1, 0.15) is 5.82 Å². The molecule has 0 radical (unpaired) electrons. The molecule has 0 aromatic carbocycles. The second kappa shape index (κ2) is 7.85. The predicted octanol–water partition coefficient (Wildman–Crippen LogP) is 1.12. The molecule has 0 aliphatic carbocycles. The second-order valence-electron chi connectivity index (χ2n) is 5.09. The Balaban J connectivity index is 1.72. The highest BCUT2D eigenvalue weighted by Gasteiger charge is 2.21. The highest BCUT2D eigenvalue weighted by atomic mass is 16.2. The molecule has 110 valence electrons. The predicted molar refractivity (Wildman–Crippen MR) is 80.8 cm³/mol. The molecule has 1 aliphatic rings. The number of rotatable bonds is 6. The lowest BCUT2D eigenvalue weighted by Gasteiger charge is -2.35. The molecular weight excluding hydrogens is 252 g/mol. The first-order valence-corrected chi connectivity index (χ1v) is 7.45. The number of piperazine rings is 1. The van der Waals surface area contributed by atoms with Crippen LogP contribution in [0, 0.1) is 0 Å². The van der Waals surface area contributed by atoms with E-state index in [1.807, 2.05) is 29.3 Å². The summed E-state index contributed by atoms with van der Waals surface area (Å²) in [5, 5.41) is 3.21. The van der Waals surface area contributed by atoms with E-state index in [0.29, 0.717) is 6.54 Å². The van der Waals surface area contributed by atoms with E-state index >= 15 is 0 Å². The topological polar surface area (TPSA) is 48.5 Å². The fourth-order valence-corrected chi connectivity index (χ4v) is 2.33. The van der Waals surface area contributed by atoms with E-state index in [2.05, 4.69) is 22.1 Å². The van der Waals surface area contributed by atoms with Crippen LogP contribution >= 0.6 is 0 Å². The number of hydrogen-bond acceptors (Lipinski definition) is 4. The quantitative estimate of drug-likeness (QED) is 0.791. The van der Waals surface area contributed by atoms with Crippen molar-refractivity contribution < 1.29 is 4.79 Å². The van der Waals surface area contributed by atoms with Gasteiger partial charge in [-0.25, -0.2) is 4.98 Å². The van der Waals surface area contributed by atoms with E-state index in [0.717, 1.165) is 51.4 Å². The molecule has 0 spiro atoms. The van der Waals surface area contributed by atoms with Crippen LogP contribution in [0.3, 0.4) is 0 Å². The zero-order valence-corrected chi connectivity index (χ0v) is 12.2. The highest BCUT2D eigenvalue weighted by molar-refractivity contribution is 5.78. The number of nitrogens with one attached hydrogen (secondary N) is 1. The highest BCUT2D eigenvalue weighted by Crippen LogP contribution is 2.12. The van der Waals surface area contributed by atoms with Crippen LogP contribution in [0.4, 0.5) is 5.82 Å². The molecule has 1 aliphatic heterocycles. The van der Waals surface area contributed by atoms with E-state index in [9.17, 15) is 4.79 Å². The first-order chi connectivity index (χ1) is 9.81. The molecule has 1 fully saturated rings. The SMILES string of the molecule is CCCCNCC(=O)N1CCN(c2ccccn2)CC1. The third-order valence-corrected chi connectivity index (χ3v) is 3.59. The van der Waals surface area contributed by atoms with Crippen LogP contribution in [-0.2, 0) is 4.79 Å². The minimum Gasteiger partial charge on any atom is -0.353 e. The Kier molecular flexibility index (Phi) is 5.80. The maximum Gasteiger partial charge on any atom is 0.236 e. The van der Waals surface area contributed by atoms with Gasteiger partial charge in [0.2, 0.25) is 5.91 Å². The molecule has 20 heavy (non-hydrogen) atoms. The molecule has 1 saturated heterocycles. The fourth-order valence-electron chi connectivity index (χ4n) is 2.33. The Morgan fingerprint density at radius 1 is 1.30 bits per heavy atom. The van der Waals surface area contributed by atoms with Crippen molar-refractivity contribution in [1.29, 1.82) is 0 Å². The van der Waals surface area contributed by atoms with Crippen molar-refractivity contribution in [2.45, 2.75) is 19.8 Å². The van der Waals surface area contributed by atoms with E-state index in [1.54, 1.807) is 0 Å². The van der Waals surface area contributed by atoms with Crippen molar-refractivity contribution in [1.82, 2.24) is 15.2 Å². The molecular formula is C15H24N4O. The number of aromatic nitrogens is 1. The van der Waals surface area contributed by atoms with Gasteiger partial charge < -0.3 is 15.1 Å². The van der Waals surface area contributed by atoms with Crippen molar-refractivity contribution in [3.05, 3.63) is 24.4 Å². The average Bonchev–Trinajstić information content (AvgIpc) is 2.52. The van der Waals surface area contributed by atoms with Crippen molar-refractivity contribution in [3.8, 4) is 0 Å². The van der Waals surface area contributed by atoms with Gasteiger partial charge in [0.25, 0.3) is 0 Å².